The zero-order chi connectivity index (χ0) is 21.2. The van der Waals surface area contributed by atoms with Crippen LogP contribution in [0.5, 0.6) is 0 Å². The molecule has 0 atom stereocenters. The van der Waals surface area contributed by atoms with Gasteiger partial charge in [0.2, 0.25) is 0 Å². The van der Waals surface area contributed by atoms with Crippen molar-refractivity contribution in [1.29, 1.82) is 0 Å². The van der Waals surface area contributed by atoms with Crippen LogP contribution in [0.25, 0.3) is 0 Å². The number of imide groups is 1. The molecule has 10 heteroatoms. The van der Waals surface area contributed by atoms with Crippen LogP contribution in [0.3, 0.4) is 0 Å². The summed E-state index contributed by atoms with van der Waals surface area (Å²) in [4.78, 5) is 37.8. The molecule has 154 valence electrons. The van der Waals surface area contributed by atoms with Gasteiger partial charge in [0.25, 0.3) is 11.8 Å². The largest absolute Gasteiger partial charge is 0.453 e. The standard InChI is InChI=1S/C19H20N2O6S2/c1-3-29(25,26)14-10-5-4-7-12(14)16(22)20-18-15(17(23)21-19(24)27-2)11-8-6-9-13(11)28-18/h4-5,7,10H,3,6,8-9H2,1-2H3,(H,20,22)(H,21,23,24). The first-order valence-electron chi connectivity index (χ1n) is 8.95. The second-order valence-corrected chi connectivity index (χ2v) is 9.71. The lowest BCUT2D eigenvalue weighted by atomic mass is 10.1. The fourth-order valence-electron chi connectivity index (χ4n) is 3.19. The number of alkyl carbamates (subject to hydrolysis) is 1. The Bertz CT molecular complexity index is 1090. The van der Waals surface area contributed by atoms with Gasteiger partial charge >= 0.3 is 6.09 Å². The number of benzene rings is 1. The Morgan fingerprint density at radius 3 is 2.55 bits per heavy atom. The van der Waals surface area contributed by atoms with Gasteiger partial charge in [-0.1, -0.05) is 19.1 Å². The number of hydrogen-bond acceptors (Lipinski definition) is 7. The fourth-order valence-corrected chi connectivity index (χ4v) is 5.56. The zero-order valence-electron chi connectivity index (χ0n) is 15.9. The van der Waals surface area contributed by atoms with Crippen molar-refractivity contribution in [3.8, 4) is 0 Å². The number of carbonyl (C=O) groups excluding carboxylic acids is 3. The van der Waals surface area contributed by atoms with Crippen molar-refractivity contribution in [3.05, 3.63) is 45.8 Å². The molecule has 1 aliphatic rings. The first-order valence-corrected chi connectivity index (χ1v) is 11.4. The summed E-state index contributed by atoms with van der Waals surface area (Å²) in [5.41, 5.74) is 1.01. The molecule has 0 saturated carbocycles. The van der Waals surface area contributed by atoms with Crippen LogP contribution in [0.4, 0.5) is 9.80 Å². The molecule has 3 amide bonds. The molecule has 0 unspecified atom stereocenters. The van der Waals surface area contributed by atoms with E-state index in [2.05, 4.69) is 15.4 Å². The number of fused-ring (bicyclic) bond motifs is 1. The fraction of sp³-hybridized carbons (Fsp3) is 0.316. The number of hydrogen-bond donors (Lipinski definition) is 2. The van der Waals surface area contributed by atoms with Crippen LogP contribution in [0.1, 0.15) is 44.5 Å². The third-order valence-corrected chi connectivity index (χ3v) is 7.62. The number of rotatable bonds is 5. The van der Waals surface area contributed by atoms with E-state index in [4.69, 9.17) is 0 Å². The highest BCUT2D eigenvalue weighted by atomic mass is 32.2. The third-order valence-electron chi connectivity index (χ3n) is 4.62. The summed E-state index contributed by atoms with van der Waals surface area (Å²) in [6, 6.07) is 5.93. The number of sulfone groups is 1. The molecular formula is C19H20N2O6S2. The Balaban J connectivity index is 1.97. The molecule has 1 aromatic carbocycles. The van der Waals surface area contributed by atoms with Gasteiger partial charge < -0.3 is 10.1 Å². The molecule has 0 saturated heterocycles. The number of methoxy groups -OCH3 is 1. The van der Waals surface area contributed by atoms with Gasteiger partial charge in [0.15, 0.2) is 9.84 Å². The molecule has 0 bridgehead atoms. The molecule has 29 heavy (non-hydrogen) atoms. The third kappa shape index (κ3) is 4.18. The van der Waals surface area contributed by atoms with Gasteiger partial charge in [-0.25, -0.2) is 13.2 Å². The first-order chi connectivity index (χ1) is 13.8. The zero-order valence-corrected chi connectivity index (χ0v) is 17.5. The van der Waals surface area contributed by atoms with Gasteiger partial charge in [0, 0.05) is 4.88 Å². The molecule has 3 rings (SSSR count). The molecule has 2 N–H and O–H groups in total. The normalized spacial score (nSPS) is 12.9. The summed E-state index contributed by atoms with van der Waals surface area (Å²) >= 11 is 1.26. The van der Waals surface area contributed by atoms with Crippen molar-refractivity contribution in [2.75, 3.05) is 18.2 Å². The lowest BCUT2D eigenvalue weighted by molar-refractivity contribution is 0.0937. The molecule has 0 aliphatic heterocycles. The summed E-state index contributed by atoms with van der Waals surface area (Å²) in [5.74, 6) is -1.44. The predicted octanol–water partition coefficient (Wildman–Crippen LogP) is 2.78. The molecule has 0 fully saturated rings. The monoisotopic (exact) mass is 436 g/mol. The van der Waals surface area contributed by atoms with E-state index in [-0.39, 0.29) is 26.8 Å². The highest BCUT2D eigenvalue weighted by Crippen LogP contribution is 2.39. The average Bonchev–Trinajstić information content (AvgIpc) is 3.28. The van der Waals surface area contributed by atoms with E-state index in [0.29, 0.717) is 6.42 Å². The summed E-state index contributed by atoms with van der Waals surface area (Å²) in [5, 5.41) is 5.07. The maximum absolute atomic E-state index is 12.9. The van der Waals surface area contributed by atoms with Gasteiger partial charge in [-0.2, -0.15) is 0 Å². The summed E-state index contributed by atoms with van der Waals surface area (Å²) in [6.07, 6.45) is 1.41. The van der Waals surface area contributed by atoms with Crippen LogP contribution in [0.15, 0.2) is 29.2 Å². The summed E-state index contributed by atoms with van der Waals surface area (Å²) < 4.78 is 29.1. The van der Waals surface area contributed by atoms with Crippen molar-refractivity contribution in [3.63, 3.8) is 0 Å². The van der Waals surface area contributed by atoms with Crippen LogP contribution in [-0.2, 0) is 27.4 Å². The van der Waals surface area contributed by atoms with Gasteiger partial charge in [0.05, 0.1) is 28.9 Å². The Morgan fingerprint density at radius 1 is 1.14 bits per heavy atom. The highest BCUT2D eigenvalue weighted by Gasteiger charge is 2.29. The van der Waals surface area contributed by atoms with Crippen molar-refractivity contribution in [1.82, 2.24) is 5.32 Å². The lowest BCUT2D eigenvalue weighted by Gasteiger charge is -2.11. The minimum Gasteiger partial charge on any atom is -0.453 e. The highest BCUT2D eigenvalue weighted by molar-refractivity contribution is 7.91. The number of nitrogens with one attached hydrogen (secondary N) is 2. The van der Waals surface area contributed by atoms with Gasteiger partial charge in [-0.15, -0.1) is 11.3 Å². The van der Waals surface area contributed by atoms with E-state index in [1.54, 1.807) is 12.1 Å². The van der Waals surface area contributed by atoms with Crippen molar-refractivity contribution in [2.45, 2.75) is 31.1 Å². The average molecular weight is 437 g/mol. The molecular weight excluding hydrogens is 416 g/mol. The van der Waals surface area contributed by atoms with E-state index in [0.717, 1.165) is 30.4 Å². The van der Waals surface area contributed by atoms with E-state index < -0.39 is 27.7 Å². The minimum absolute atomic E-state index is 0.00207. The quantitative estimate of drug-likeness (QED) is 0.744. The van der Waals surface area contributed by atoms with Crippen LogP contribution >= 0.6 is 11.3 Å². The van der Waals surface area contributed by atoms with E-state index in [9.17, 15) is 22.8 Å². The second-order valence-electron chi connectivity index (χ2n) is 6.36. The summed E-state index contributed by atoms with van der Waals surface area (Å²) in [6.45, 7) is 1.50. The molecule has 0 radical (unpaired) electrons. The second kappa shape index (κ2) is 8.34. The molecule has 0 spiro atoms. The molecule has 1 aliphatic carbocycles. The van der Waals surface area contributed by atoms with Crippen LogP contribution < -0.4 is 10.6 Å². The topological polar surface area (TPSA) is 119 Å². The number of thiophene rings is 1. The number of carbonyl (C=O) groups is 3. The van der Waals surface area contributed by atoms with E-state index in [1.807, 2.05) is 0 Å². The van der Waals surface area contributed by atoms with E-state index >= 15 is 0 Å². The van der Waals surface area contributed by atoms with Crippen molar-refractivity contribution in [2.24, 2.45) is 0 Å². The first kappa shape index (κ1) is 21.0. The maximum atomic E-state index is 12.9. The number of amides is 3. The predicted molar refractivity (Wildman–Crippen MR) is 108 cm³/mol. The van der Waals surface area contributed by atoms with Crippen molar-refractivity contribution < 1.29 is 27.5 Å². The SMILES string of the molecule is CCS(=O)(=O)c1ccccc1C(=O)Nc1sc2c(c1C(=O)NC(=O)OC)CCC2. The van der Waals surface area contributed by atoms with Crippen molar-refractivity contribution >= 4 is 44.1 Å². The molecule has 1 aromatic heterocycles. The Hall–Kier alpha value is -2.72. The summed E-state index contributed by atoms with van der Waals surface area (Å²) in [7, 11) is -2.46. The Labute approximate surface area is 172 Å². The number of anilines is 1. The minimum atomic E-state index is -3.61. The van der Waals surface area contributed by atoms with Crippen LogP contribution in [0.2, 0.25) is 0 Å². The Morgan fingerprint density at radius 2 is 1.86 bits per heavy atom. The number of aryl methyl sites for hydroxylation is 1. The van der Waals surface area contributed by atoms with Crippen LogP contribution in [-0.4, -0.2) is 39.2 Å². The van der Waals surface area contributed by atoms with E-state index in [1.165, 1.54) is 30.4 Å². The smallest absolute Gasteiger partial charge is 0.413 e. The van der Waals surface area contributed by atoms with Gasteiger partial charge in [0.1, 0.15) is 5.00 Å². The Kier molecular flexibility index (Phi) is 6.04. The maximum Gasteiger partial charge on any atom is 0.413 e. The molecule has 1 heterocycles. The molecule has 2 aromatic rings. The number of ether oxygens (including phenoxy) is 1. The molecule has 8 nitrogen and oxygen atoms in total. The van der Waals surface area contributed by atoms with Gasteiger partial charge in [-0.05, 0) is 37.0 Å². The van der Waals surface area contributed by atoms with Gasteiger partial charge in [-0.3, -0.25) is 14.9 Å². The van der Waals surface area contributed by atoms with Crippen LogP contribution in [0, 0.1) is 0 Å². The lowest BCUT2D eigenvalue weighted by Crippen LogP contribution is -2.31.